The van der Waals surface area contributed by atoms with Gasteiger partial charge in [0.2, 0.25) is 0 Å². The maximum absolute atomic E-state index is 12.5. The van der Waals surface area contributed by atoms with Gasteiger partial charge in [0.1, 0.15) is 12.4 Å². The molecule has 1 heterocycles. The molecule has 0 amide bonds. The van der Waals surface area contributed by atoms with Gasteiger partial charge >= 0.3 is 6.18 Å². The van der Waals surface area contributed by atoms with Gasteiger partial charge in [0, 0.05) is 16.1 Å². The molecule has 1 aromatic carbocycles. The molecule has 0 aliphatic carbocycles. The lowest BCUT2D eigenvalue weighted by Gasteiger charge is -2.15. The fraction of sp³-hybridized carbons (Fsp3) is 0.308. The molecular weight excluding hydrogens is 325 g/mol. The van der Waals surface area contributed by atoms with Crippen LogP contribution in [0, 0.1) is 0 Å². The van der Waals surface area contributed by atoms with E-state index in [1.807, 2.05) is 0 Å². The fourth-order valence-corrected chi connectivity index (χ4v) is 2.68. The second-order valence-electron chi connectivity index (χ2n) is 4.18. The first-order chi connectivity index (χ1) is 9.90. The minimum absolute atomic E-state index is 0.177. The van der Waals surface area contributed by atoms with Crippen LogP contribution in [0.1, 0.15) is 15.9 Å². The Morgan fingerprint density at radius 1 is 1.43 bits per heavy atom. The van der Waals surface area contributed by atoms with E-state index in [-0.39, 0.29) is 12.6 Å². The zero-order valence-corrected chi connectivity index (χ0v) is 12.5. The fourth-order valence-electron chi connectivity index (χ4n) is 1.62. The zero-order chi connectivity index (χ0) is 15.5. The third-order valence-corrected chi connectivity index (χ3v) is 4.06. The first kappa shape index (κ1) is 16.1. The predicted octanol–water partition coefficient (Wildman–Crippen LogP) is 4.15. The molecule has 1 atom stereocenters. The number of nitrogens with zero attached hydrogens (tertiary/aromatic N) is 1. The smallest absolute Gasteiger partial charge is 0.443 e. The third-order valence-electron chi connectivity index (χ3n) is 2.67. The van der Waals surface area contributed by atoms with Crippen LogP contribution in [0.15, 0.2) is 30.5 Å². The van der Waals surface area contributed by atoms with Crippen molar-refractivity contribution in [3.8, 4) is 5.75 Å². The van der Waals surface area contributed by atoms with Gasteiger partial charge in [0.05, 0.1) is 6.04 Å². The van der Waals surface area contributed by atoms with Crippen LogP contribution >= 0.6 is 22.9 Å². The number of ether oxygens (including phenoxy) is 1. The van der Waals surface area contributed by atoms with Crippen molar-refractivity contribution in [1.29, 1.82) is 0 Å². The second-order valence-corrected chi connectivity index (χ2v) is 5.67. The van der Waals surface area contributed by atoms with Crippen molar-refractivity contribution in [3.63, 3.8) is 0 Å². The van der Waals surface area contributed by atoms with E-state index in [1.165, 1.54) is 6.20 Å². The molecule has 21 heavy (non-hydrogen) atoms. The lowest BCUT2D eigenvalue weighted by molar-refractivity contribution is -0.137. The molecule has 1 aromatic heterocycles. The minimum Gasteiger partial charge on any atom is -0.492 e. The Labute approximate surface area is 128 Å². The molecule has 0 aliphatic heterocycles. The van der Waals surface area contributed by atoms with Crippen molar-refractivity contribution in [2.75, 3.05) is 13.7 Å². The molecular formula is C13H12ClF3N2OS. The standard InChI is InChI=1S/C13H12ClF3N2OS/c1-18-10(7-20-9-4-2-3-8(14)5-9)11-6-19-12(21-11)13(15,16)17/h2-6,10,18H,7H2,1H3. The third kappa shape index (κ3) is 4.33. The lowest BCUT2D eigenvalue weighted by Crippen LogP contribution is -2.22. The molecule has 0 aliphatic rings. The van der Waals surface area contributed by atoms with E-state index in [1.54, 1.807) is 31.3 Å². The van der Waals surface area contributed by atoms with Gasteiger partial charge in [-0.3, -0.25) is 0 Å². The summed E-state index contributed by atoms with van der Waals surface area (Å²) in [7, 11) is 1.65. The van der Waals surface area contributed by atoms with E-state index in [2.05, 4.69) is 10.3 Å². The first-order valence-corrected chi connectivity index (χ1v) is 7.18. The van der Waals surface area contributed by atoms with Gasteiger partial charge < -0.3 is 10.1 Å². The van der Waals surface area contributed by atoms with E-state index in [4.69, 9.17) is 16.3 Å². The summed E-state index contributed by atoms with van der Waals surface area (Å²) in [4.78, 5) is 3.87. The van der Waals surface area contributed by atoms with E-state index in [9.17, 15) is 13.2 Å². The van der Waals surface area contributed by atoms with Crippen molar-refractivity contribution in [2.45, 2.75) is 12.2 Å². The number of alkyl halides is 3. The molecule has 0 saturated carbocycles. The van der Waals surface area contributed by atoms with Gasteiger partial charge in [-0.15, -0.1) is 11.3 Å². The minimum atomic E-state index is -4.42. The number of halogens is 4. The second kappa shape index (κ2) is 6.64. The molecule has 2 aromatic rings. The topological polar surface area (TPSA) is 34.1 Å². The average Bonchev–Trinajstić information content (AvgIpc) is 2.89. The monoisotopic (exact) mass is 336 g/mol. The van der Waals surface area contributed by atoms with Crippen molar-refractivity contribution in [2.24, 2.45) is 0 Å². The Kier molecular flexibility index (Phi) is 5.08. The number of likely N-dealkylation sites (N-methyl/N-ethyl adjacent to an activating group) is 1. The molecule has 3 nitrogen and oxygen atoms in total. The number of aromatic nitrogens is 1. The molecule has 0 fully saturated rings. The maximum Gasteiger partial charge on any atom is 0.443 e. The SMILES string of the molecule is CNC(COc1cccc(Cl)c1)c1cnc(C(F)(F)F)s1. The van der Waals surface area contributed by atoms with Crippen LogP contribution in [0.25, 0.3) is 0 Å². The highest BCUT2D eigenvalue weighted by molar-refractivity contribution is 7.11. The zero-order valence-electron chi connectivity index (χ0n) is 10.9. The molecule has 1 N–H and O–H groups in total. The summed E-state index contributed by atoms with van der Waals surface area (Å²) in [5.74, 6) is 0.559. The quantitative estimate of drug-likeness (QED) is 0.890. The molecule has 0 saturated heterocycles. The number of benzene rings is 1. The van der Waals surface area contributed by atoms with Gasteiger partial charge in [-0.25, -0.2) is 4.98 Å². The number of hydrogen-bond acceptors (Lipinski definition) is 4. The maximum atomic E-state index is 12.5. The first-order valence-electron chi connectivity index (χ1n) is 5.98. The van der Waals surface area contributed by atoms with Crippen LogP contribution in [0.2, 0.25) is 5.02 Å². The van der Waals surface area contributed by atoms with Crippen LogP contribution in [0.4, 0.5) is 13.2 Å². The lowest BCUT2D eigenvalue weighted by atomic mass is 10.3. The average molecular weight is 337 g/mol. The Hall–Kier alpha value is -1.31. The van der Waals surface area contributed by atoms with E-state index in [0.29, 0.717) is 27.0 Å². The van der Waals surface area contributed by atoms with Gasteiger partial charge in [-0.2, -0.15) is 13.2 Å². The number of nitrogens with one attached hydrogen (secondary N) is 1. The van der Waals surface area contributed by atoms with Crippen LogP contribution < -0.4 is 10.1 Å². The van der Waals surface area contributed by atoms with Gasteiger partial charge in [-0.1, -0.05) is 17.7 Å². The molecule has 2 rings (SSSR count). The molecule has 114 valence electrons. The summed E-state index contributed by atoms with van der Waals surface area (Å²) >= 11 is 6.44. The summed E-state index contributed by atoms with van der Waals surface area (Å²) in [6.07, 6.45) is -3.20. The molecule has 0 spiro atoms. The van der Waals surface area contributed by atoms with Crippen LogP contribution in [-0.2, 0) is 6.18 Å². The molecule has 1 unspecified atom stereocenters. The number of hydrogen-bond donors (Lipinski definition) is 1. The van der Waals surface area contributed by atoms with Crippen LogP contribution in [-0.4, -0.2) is 18.6 Å². The highest BCUT2D eigenvalue weighted by Crippen LogP contribution is 2.34. The number of rotatable bonds is 5. The highest BCUT2D eigenvalue weighted by Gasteiger charge is 2.35. The summed E-state index contributed by atoms with van der Waals surface area (Å²) in [5, 5.41) is 2.59. The molecule has 0 bridgehead atoms. The largest absolute Gasteiger partial charge is 0.492 e. The Morgan fingerprint density at radius 3 is 2.76 bits per heavy atom. The van der Waals surface area contributed by atoms with E-state index >= 15 is 0 Å². The van der Waals surface area contributed by atoms with Crippen LogP contribution in [0.5, 0.6) is 5.75 Å². The normalized spacial score (nSPS) is 13.2. The molecule has 0 radical (unpaired) electrons. The number of thiazole rings is 1. The van der Waals surface area contributed by atoms with Crippen molar-refractivity contribution in [3.05, 3.63) is 45.4 Å². The van der Waals surface area contributed by atoms with Crippen molar-refractivity contribution in [1.82, 2.24) is 10.3 Å². The summed E-state index contributed by atoms with van der Waals surface area (Å²) in [5.41, 5.74) is 0. The van der Waals surface area contributed by atoms with E-state index in [0.717, 1.165) is 0 Å². The van der Waals surface area contributed by atoms with E-state index < -0.39 is 11.2 Å². The van der Waals surface area contributed by atoms with Crippen molar-refractivity contribution >= 4 is 22.9 Å². The van der Waals surface area contributed by atoms with Crippen LogP contribution in [0.3, 0.4) is 0 Å². The van der Waals surface area contributed by atoms with Gasteiger partial charge in [0.15, 0.2) is 5.01 Å². The Balaban J connectivity index is 2.05. The summed E-state index contributed by atoms with van der Waals surface area (Å²) in [6, 6.07) is 6.44. The van der Waals surface area contributed by atoms with Gasteiger partial charge in [-0.05, 0) is 25.2 Å². The van der Waals surface area contributed by atoms with Crippen molar-refractivity contribution < 1.29 is 17.9 Å². The van der Waals surface area contributed by atoms with Gasteiger partial charge in [0.25, 0.3) is 0 Å². The Bertz CT molecular complexity index is 603. The Morgan fingerprint density at radius 2 is 2.19 bits per heavy atom. The summed E-state index contributed by atoms with van der Waals surface area (Å²) < 4.78 is 43.2. The molecule has 8 heteroatoms. The predicted molar refractivity (Wildman–Crippen MR) is 75.9 cm³/mol. The summed E-state index contributed by atoms with van der Waals surface area (Å²) in [6.45, 7) is 0.177. The highest BCUT2D eigenvalue weighted by atomic mass is 35.5.